The van der Waals surface area contributed by atoms with Gasteiger partial charge in [-0.15, -0.1) is 0 Å². The number of ether oxygens (including phenoxy) is 1. The predicted octanol–water partition coefficient (Wildman–Crippen LogP) is 3.55. The molecule has 1 aliphatic rings. The Morgan fingerprint density at radius 3 is 2.81 bits per heavy atom. The average molecular weight is 372 g/mol. The van der Waals surface area contributed by atoms with Crippen molar-refractivity contribution >= 4 is 11.7 Å². The van der Waals surface area contributed by atoms with Gasteiger partial charge in [0.15, 0.2) is 0 Å². The molecular weight excluding hydrogens is 347 g/mol. The maximum absolute atomic E-state index is 13.3. The summed E-state index contributed by atoms with van der Waals surface area (Å²) in [5.41, 5.74) is 0.701. The van der Waals surface area contributed by atoms with Gasteiger partial charge in [0.2, 0.25) is 11.8 Å². The maximum Gasteiger partial charge on any atom is 0.224 e. The van der Waals surface area contributed by atoms with Gasteiger partial charge in [0.25, 0.3) is 0 Å². The minimum absolute atomic E-state index is 0.122. The molecule has 0 radical (unpaired) electrons. The molecule has 7 heteroatoms. The zero-order valence-electron chi connectivity index (χ0n) is 16.0. The van der Waals surface area contributed by atoms with Crippen molar-refractivity contribution in [2.24, 2.45) is 0 Å². The molecule has 1 atom stereocenters. The maximum atomic E-state index is 13.3. The highest BCUT2D eigenvalue weighted by atomic mass is 19.1. The van der Waals surface area contributed by atoms with Gasteiger partial charge >= 0.3 is 0 Å². The molecule has 0 aliphatic carbocycles. The summed E-state index contributed by atoms with van der Waals surface area (Å²) in [6.45, 7) is 7.96. The van der Waals surface area contributed by atoms with Gasteiger partial charge in [-0.2, -0.15) is 0 Å². The van der Waals surface area contributed by atoms with Crippen molar-refractivity contribution in [3.63, 3.8) is 0 Å². The lowest BCUT2D eigenvalue weighted by atomic mass is 10.1. The Balaban J connectivity index is 1.70. The van der Waals surface area contributed by atoms with E-state index in [2.05, 4.69) is 21.8 Å². The molecule has 6 nitrogen and oxygen atoms in total. The number of piperazine rings is 1. The summed E-state index contributed by atoms with van der Waals surface area (Å²) < 4.78 is 19.1. The lowest BCUT2D eigenvalue weighted by Gasteiger charge is -2.40. The quantitative estimate of drug-likeness (QED) is 0.803. The Morgan fingerprint density at radius 1 is 1.30 bits per heavy atom. The highest BCUT2D eigenvalue weighted by Gasteiger charge is 2.27. The highest BCUT2D eigenvalue weighted by Crippen LogP contribution is 2.26. The number of hydrogen-bond donors (Lipinski definition) is 0. The molecule has 0 unspecified atom stereocenters. The van der Waals surface area contributed by atoms with Crippen molar-refractivity contribution < 1.29 is 13.9 Å². The lowest BCUT2D eigenvalue weighted by Crippen LogP contribution is -2.54. The molecule has 3 rings (SSSR count). The topological polar surface area (TPSA) is 58.6 Å². The monoisotopic (exact) mass is 372 g/mol. The van der Waals surface area contributed by atoms with E-state index in [4.69, 9.17) is 4.74 Å². The van der Waals surface area contributed by atoms with Crippen LogP contribution in [0.5, 0.6) is 11.6 Å². The molecule has 144 valence electrons. The fraction of sp³-hybridized carbons (Fsp3) is 0.450. The molecule has 1 aliphatic heterocycles. The highest BCUT2D eigenvalue weighted by molar-refractivity contribution is 5.76. The molecule has 1 aromatic carbocycles. The lowest BCUT2D eigenvalue weighted by molar-refractivity contribution is -0.133. The molecule has 0 bridgehead atoms. The molecule has 0 N–H and O–H groups in total. The summed E-state index contributed by atoms with van der Waals surface area (Å²) in [7, 11) is 0. The summed E-state index contributed by atoms with van der Waals surface area (Å²) in [5, 5.41) is 0. The van der Waals surface area contributed by atoms with E-state index in [9.17, 15) is 9.18 Å². The first-order valence-corrected chi connectivity index (χ1v) is 9.28. The first-order valence-electron chi connectivity index (χ1n) is 9.28. The number of aryl methyl sites for hydroxylation is 1. The normalized spacial score (nSPS) is 17.1. The van der Waals surface area contributed by atoms with Crippen LogP contribution in [0.2, 0.25) is 0 Å². The van der Waals surface area contributed by atoms with E-state index in [0.717, 1.165) is 12.2 Å². The number of hydrogen-bond acceptors (Lipinski definition) is 5. The summed E-state index contributed by atoms with van der Waals surface area (Å²) in [6.07, 6.45) is 2.91. The first kappa shape index (κ1) is 19.1. The van der Waals surface area contributed by atoms with Gasteiger partial charge in [-0.05, 0) is 44.0 Å². The van der Waals surface area contributed by atoms with Gasteiger partial charge in [0.1, 0.15) is 23.7 Å². The van der Waals surface area contributed by atoms with Crippen molar-refractivity contribution in [1.29, 1.82) is 0 Å². The zero-order chi connectivity index (χ0) is 19.4. The van der Waals surface area contributed by atoms with Crippen LogP contribution in [0.15, 0.2) is 30.6 Å². The minimum atomic E-state index is -0.298. The Hall–Kier alpha value is -2.70. The number of rotatable bonds is 5. The standard InChI is InChI=1S/C20H25FN4O2/c1-4-5-20(26)25-9-8-24(12-15(25)3)18-11-19(23-13-22-18)27-17-7-6-16(21)10-14(17)2/h6-7,10-11,13,15H,4-5,8-9,12H2,1-3H3/t15-/m0/s1. The Bertz CT molecular complexity index is 814. The molecule has 0 saturated carbocycles. The van der Waals surface area contributed by atoms with Crippen LogP contribution in [0.25, 0.3) is 0 Å². The fourth-order valence-corrected chi connectivity index (χ4v) is 3.29. The molecule has 1 amide bonds. The molecule has 1 saturated heterocycles. The summed E-state index contributed by atoms with van der Waals surface area (Å²) in [6, 6.07) is 6.27. The second-order valence-corrected chi connectivity index (χ2v) is 6.86. The summed E-state index contributed by atoms with van der Waals surface area (Å²) >= 11 is 0. The number of benzene rings is 1. The Morgan fingerprint density at radius 2 is 2.11 bits per heavy atom. The van der Waals surface area contributed by atoms with Gasteiger partial charge in [0, 0.05) is 38.2 Å². The molecule has 0 spiro atoms. The third-order valence-corrected chi connectivity index (χ3v) is 4.71. The average Bonchev–Trinajstić information content (AvgIpc) is 2.64. The molecule has 27 heavy (non-hydrogen) atoms. The van der Waals surface area contributed by atoms with Crippen molar-refractivity contribution in [3.8, 4) is 11.6 Å². The number of nitrogens with zero attached hydrogens (tertiary/aromatic N) is 4. The van der Waals surface area contributed by atoms with Gasteiger partial charge < -0.3 is 14.5 Å². The van der Waals surface area contributed by atoms with Crippen molar-refractivity contribution in [2.45, 2.75) is 39.7 Å². The van der Waals surface area contributed by atoms with Crippen molar-refractivity contribution in [1.82, 2.24) is 14.9 Å². The van der Waals surface area contributed by atoms with Crippen LogP contribution >= 0.6 is 0 Å². The molecular formula is C20H25FN4O2. The first-order chi connectivity index (χ1) is 13.0. The van der Waals surface area contributed by atoms with E-state index in [-0.39, 0.29) is 17.8 Å². The van der Waals surface area contributed by atoms with E-state index in [1.807, 2.05) is 11.8 Å². The van der Waals surface area contributed by atoms with Gasteiger partial charge in [-0.25, -0.2) is 14.4 Å². The molecule has 1 aromatic heterocycles. The van der Waals surface area contributed by atoms with Gasteiger partial charge in [-0.3, -0.25) is 4.79 Å². The number of carbonyl (C=O) groups is 1. The second-order valence-electron chi connectivity index (χ2n) is 6.86. The number of anilines is 1. The Labute approximate surface area is 159 Å². The van der Waals surface area contributed by atoms with Crippen LogP contribution in [0.3, 0.4) is 0 Å². The molecule has 2 heterocycles. The van der Waals surface area contributed by atoms with Gasteiger partial charge in [-0.1, -0.05) is 6.92 Å². The van der Waals surface area contributed by atoms with Crippen LogP contribution < -0.4 is 9.64 Å². The smallest absolute Gasteiger partial charge is 0.224 e. The van der Waals surface area contributed by atoms with Crippen LogP contribution in [0.1, 0.15) is 32.3 Å². The third-order valence-electron chi connectivity index (χ3n) is 4.71. The number of halogens is 1. The van der Waals surface area contributed by atoms with Gasteiger partial charge in [0.05, 0.1) is 0 Å². The van der Waals surface area contributed by atoms with E-state index in [0.29, 0.717) is 43.2 Å². The van der Waals surface area contributed by atoms with Crippen LogP contribution in [0.4, 0.5) is 10.2 Å². The molecule has 2 aromatic rings. The SMILES string of the molecule is CCCC(=O)N1CCN(c2cc(Oc3ccc(F)cc3C)ncn2)C[C@@H]1C. The zero-order valence-corrected chi connectivity index (χ0v) is 16.0. The molecule has 1 fully saturated rings. The second kappa shape index (κ2) is 8.33. The Kier molecular flexibility index (Phi) is 5.88. The number of carbonyl (C=O) groups excluding carboxylic acids is 1. The third kappa shape index (κ3) is 4.53. The summed E-state index contributed by atoms with van der Waals surface area (Å²) in [4.78, 5) is 24.8. The fourth-order valence-electron chi connectivity index (χ4n) is 3.29. The number of aromatic nitrogens is 2. The van der Waals surface area contributed by atoms with E-state index in [1.165, 1.54) is 18.5 Å². The predicted molar refractivity (Wildman–Crippen MR) is 102 cm³/mol. The van der Waals surface area contributed by atoms with Crippen molar-refractivity contribution in [2.75, 3.05) is 24.5 Å². The van der Waals surface area contributed by atoms with E-state index in [1.54, 1.807) is 19.1 Å². The van der Waals surface area contributed by atoms with E-state index >= 15 is 0 Å². The van der Waals surface area contributed by atoms with Crippen LogP contribution in [-0.4, -0.2) is 46.5 Å². The number of amides is 1. The largest absolute Gasteiger partial charge is 0.439 e. The van der Waals surface area contributed by atoms with Crippen molar-refractivity contribution in [3.05, 3.63) is 42.0 Å². The summed E-state index contributed by atoms with van der Waals surface area (Å²) in [5.74, 6) is 1.64. The van der Waals surface area contributed by atoms with E-state index < -0.39 is 0 Å². The minimum Gasteiger partial charge on any atom is -0.439 e. The van der Waals surface area contributed by atoms with Crippen LogP contribution in [0, 0.1) is 12.7 Å². The van der Waals surface area contributed by atoms with Crippen LogP contribution in [-0.2, 0) is 4.79 Å².